The first-order chi connectivity index (χ1) is 8.61. The Labute approximate surface area is 105 Å². The monoisotopic (exact) mass is 245 g/mol. The molecule has 2 aromatic rings. The standard InChI is InChI=1S/C12H15N5O/c1-8-4-5-14-9(2)10(8)6-17-7-15-11(13-3)16-12(17)18/h4-5,7H,6H2,1-3H3,(H,13,16,18). The van der Waals surface area contributed by atoms with Crippen LogP contribution in [0.4, 0.5) is 5.95 Å². The maximum Gasteiger partial charge on any atom is 0.352 e. The van der Waals surface area contributed by atoms with Crippen molar-refractivity contribution in [2.45, 2.75) is 20.4 Å². The number of hydrogen-bond donors (Lipinski definition) is 1. The number of hydrogen-bond acceptors (Lipinski definition) is 5. The van der Waals surface area contributed by atoms with E-state index in [1.165, 1.54) is 10.9 Å². The van der Waals surface area contributed by atoms with Gasteiger partial charge in [0.2, 0.25) is 5.95 Å². The van der Waals surface area contributed by atoms with Gasteiger partial charge < -0.3 is 5.32 Å². The molecule has 0 saturated heterocycles. The van der Waals surface area contributed by atoms with Crippen molar-refractivity contribution in [3.63, 3.8) is 0 Å². The van der Waals surface area contributed by atoms with Crippen LogP contribution in [0.2, 0.25) is 0 Å². The summed E-state index contributed by atoms with van der Waals surface area (Å²) in [7, 11) is 1.68. The zero-order valence-corrected chi connectivity index (χ0v) is 10.6. The van der Waals surface area contributed by atoms with Crippen LogP contribution < -0.4 is 11.0 Å². The van der Waals surface area contributed by atoms with Gasteiger partial charge in [-0.3, -0.25) is 9.55 Å². The first kappa shape index (κ1) is 12.2. The van der Waals surface area contributed by atoms with Crippen molar-refractivity contribution in [3.05, 3.63) is 45.9 Å². The molecule has 0 atom stereocenters. The van der Waals surface area contributed by atoms with E-state index < -0.39 is 0 Å². The van der Waals surface area contributed by atoms with Gasteiger partial charge in [0.1, 0.15) is 6.33 Å². The van der Waals surface area contributed by atoms with Crippen LogP contribution >= 0.6 is 0 Å². The highest BCUT2D eigenvalue weighted by atomic mass is 16.1. The molecule has 0 bridgehead atoms. The molecule has 1 N–H and O–H groups in total. The summed E-state index contributed by atoms with van der Waals surface area (Å²) in [5, 5.41) is 2.73. The number of pyridine rings is 1. The zero-order valence-electron chi connectivity index (χ0n) is 10.6. The minimum atomic E-state index is -0.322. The normalized spacial score (nSPS) is 10.4. The van der Waals surface area contributed by atoms with Crippen molar-refractivity contribution in [1.82, 2.24) is 19.5 Å². The minimum absolute atomic E-state index is 0.322. The van der Waals surface area contributed by atoms with Crippen molar-refractivity contribution in [1.29, 1.82) is 0 Å². The lowest BCUT2D eigenvalue weighted by Crippen LogP contribution is -2.25. The van der Waals surface area contributed by atoms with Crippen LogP contribution in [0.15, 0.2) is 23.4 Å². The van der Waals surface area contributed by atoms with Gasteiger partial charge in [0.15, 0.2) is 0 Å². The van der Waals surface area contributed by atoms with E-state index in [1.807, 2.05) is 19.9 Å². The summed E-state index contributed by atoms with van der Waals surface area (Å²) in [4.78, 5) is 23.9. The molecular formula is C12H15N5O. The summed E-state index contributed by atoms with van der Waals surface area (Å²) >= 11 is 0. The van der Waals surface area contributed by atoms with Crippen LogP contribution in [0.25, 0.3) is 0 Å². The van der Waals surface area contributed by atoms with E-state index in [9.17, 15) is 4.79 Å². The molecule has 6 nitrogen and oxygen atoms in total. The largest absolute Gasteiger partial charge is 0.357 e. The third-order valence-electron chi connectivity index (χ3n) is 2.82. The number of nitrogens with zero attached hydrogens (tertiary/aromatic N) is 4. The number of anilines is 1. The molecule has 0 aliphatic rings. The maximum atomic E-state index is 11.8. The third-order valence-corrected chi connectivity index (χ3v) is 2.82. The number of aromatic nitrogens is 4. The Kier molecular flexibility index (Phi) is 3.36. The molecule has 94 valence electrons. The Morgan fingerprint density at radius 2 is 2.11 bits per heavy atom. The molecule has 0 unspecified atom stereocenters. The molecule has 0 radical (unpaired) electrons. The SMILES string of the molecule is CNc1ncn(Cc2c(C)ccnc2C)c(=O)n1. The van der Waals surface area contributed by atoms with Crippen LogP contribution in [-0.4, -0.2) is 26.6 Å². The average Bonchev–Trinajstić information content (AvgIpc) is 2.35. The molecule has 2 aromatic heterocycles. The topological polar surface area (TPSA) is 72.7 Å². The van der Waals surface area contributed by atoms with Crippen LogP contribution in [0.5, 0.6) is 0 Å². The summed E-state index contributed by atoms with van der Waals surface area (Å²) < 4.78 is 1.47. The van der Waals surface area contributed by atoms with Crippen LogP contribution in [0, 0.1) is 13.8 Å². The molecule has 2 rings (SSSR count). The molecule has 2 heterocycles. The van der Waals surface area contributed by atoms with E-state index in [-0.39, 0.29) is 5.69 Å². The lowest BCUT2D eigenvalue weighted by atomic mass is 10.1. The molecule has 0 aliphatic carbocycles. The van der Waals surface area contributed by atoms with E-state index in [0.717, 1.165) is 16.8 Å². The maximum absolute atomic E-state index is 11.8. The highest BCUT2D eigenvalue weighted by Crippen LogP contribution is 2.11. The molecule has 18 heavy (non-hydrogen) atoms. The van der Waals surface area contributed by atoms with Crippen molar-refractivity contribution in [2.75, 3.05) is 12.4 Å². The average molecular weight is 245 g/mol. The fourth-order valence-corrected chi connectivity index (χ4v) is 1.72. The molecule has 0 aliphatic heterocycles. The minimum Gasteiger partial charge on any atom is -0.357 e. The summed E-state index contributed by atoms with van der Waals surface area (Å²) in [5.41, 5.74) is 2.73. The molecule has 0 aromatic carbocycles. The van der Waals surface area contributed by atoms with Gasteiger partial charge >= 0.3 is 5.69 Å². The summed E-state index contributed by atoms with van der Waals surface area (Å²) in [6.45, 7) is 4.36. The zero-order chi connectivity index (χ0) is 13.1. The van der Waals surface area contributed by atoms with Gasteiger partial charge in [-0.05, 0) is 31.0 Å². The first-order valence-corrected chi connectivity index (χ1v) is 5.64. The molecular weight excluding hydrogens is 230 g/mol. The third kappa shape index (κ3) is 2.37. The van der Waals surface area contributed by atoms with E-state index >= 15 is 0 Å². The van der Waals surface area contributed by atoms with Gasteiger partial charge in [0, 0.05) is 18.9 Å². The van der Waals surface area contributed by atoms with Crippen molar-refractivity contribution >= 4 is 5.95 Å². The number of aryl methyl sites for hydroxylation is 2. The second-order valence-corrected chi connectivity index (χ2v) is 4.03. The molecule has 0 spiro atoms. The lowest BCUT2D eigenvalue weighted by Gasteiger charge is -2.10. The van der Waals surface area contributed by atoms with Gasteiger partial charge in [-0.1, -0.05) is 0 Å². The summed E-state index contributed by atoms with van der Waals surface area (Å²) in [5.74, 6) is 0.330. The highest BCUT2D eigenvalue weighted by molar-refractivity contribution is 5.28. The fraction of sp³-hybridized carbons (Fsp3) is 0.333. The Morgan fingerprint density at radius 1 is 1.33 bits per heavy atom. The Morgan fingerprint density at radius 3 is 2.72 bits per heavy atom. The van der Waals surface area contributed by atoms with Crippen LogP contribution in [0.1, 0.15) is 16.8 Å². The molecule has 0 amide bonds. The van der Waals surface area contributed by atoms with E-state index in [1.54, 1.807) is 13.2 Å². The second-order valence-electron chi connectivity index (χ2n) is 4.03. The first-order valence-electron chi connectivity index (χ1n) is 5.64. The Bertz CT molecular complexity index is 600. The highest BCUT2D eigenvalue weighted by Gasteiger charge is 2.06. The van der Waals surface area contributed by atoms with E-state index in [0.29, 0.717) is 12.5 Å². The molecule has 0 fully saturated rings. The molecule has 0 saturated carbocycles. The van der Waals surface area contributed by atoms with E-state index in [4.69, 9.17) is 0 Å². The van der Waals surface area contributed by atoms with Gasteiger partial charge in [-0.15, -0.1) is 0 Å². The molecule has 6 heteroatoms. The Balaban J connectivity index is 2.38. The summed E-state index contributed by atoms with van der Waals surface area (Å²) in [6.07, 6.45) is 3.25. The fourth-order valence-electron chi connectivity index (χ4n) is 1.72. The number of rotatable bonds is 3. The van der Waals surface area contributed by atoms with Gasteiger partial charge in [0.25, 0.3) is 0 Å². The predicted molar refractivity (Wildman–Crippen MR) is 68.7 cm³/mol. The quantitative estimate of drug-likeness (QED) is 0.863. The van der Waals surface area contributed by atoms with Gasteiger partial charge in [-0.2, -0.15) is 4.98 Å². The summed E-state index contributed by atoms with van der Waals surface area (Å²) in [6, 6.07) is 1.93. The van der Waals surface area contributed by atoms with Crippen molar-refractivity contribution < 1.29 is 0 Å². The second kappa shape index (κ2) is 4.95. The Hall–Kier alpha value is -2.24. The van der Waals surface area contributed by atoms with E-state index in [2.05, 4.69) is 20.3 Å². The van der Waals surface area contributed by atoms with Gasteiger partial charge in [-0.25, -0.2) is 9.78 Å². The number of nitrogens with one attached hydrogen (secondary N) is 1. The smallest absolute Gasteiger partial charge is 0.352 e. The lowest BCUT2D eigenvalue weighted by molar-refractivity contribution is 0.693. The van der Waals surface area contributed by atoms with Crippen molar-refractivity contribution in [2.24, 2.45) is 0 Å². The van der Waals surface area contributed by atoms with Crippen LogP contribution in [0.3, 0.4) is 0 Å². The predicted octanol–water partition coefficient (Wildman–Crippen LogP) is 0.740. The van der Waals surface area contributed by atoms with Crippen LogP contribution in [-0.2, 0) is 6.54 Å². The van der Waals surface area contributed by atoms with Crippen molar-refractivity contribution in [3.8, 4) is 0 Å². The van der Waals surface area contributed by atoms with Gasteiger partial charge in [0.05, 0.1) is 6.54 Å².